The van der Waals surface area contributed by atoms with Crippen molar-refractivity contribution in [2.45, 2.75) is 64.0 Å². The monoisotopic (exact) mass is 289 g/mol. The summed E-state index contributed by atoms with van der Waals surface area (Å²) in [6.45, 7) is 2.31. The van der Waals surface area contributed by atoms with Crippen LogP contribution in [0.4, 0.5) is 0 Å². The van der Waals surface area contributed by atoms with Gasteiger partial charge in [0.2, 0.25) is 0 Å². The third-order valence-electron chi connectivity index (χ3n) is 4.59. The normalized spacial score (nSPS) is 23.7. The molecule has 0 spiro atoms. The standard InChI is InChI=1S/C18H27NO2/c1-14-7-5-6-10-17(14)19-16(11-12-18(20)21)13-15-8-3-2-4-9-15/h2-4,8-9,14,16-17,19H,5-7,10-13H2,1H3,(H,20,21). The van der Waals surface area contributed by atoms with E-state index < -0.39 is 5.97 Å². The van der Waals surface area contributed by atoms with Crippen LogP contribution in [0.3, 0.4) is 0 Å². The molecule has 21 heavy (non-hydrogen) atoms. The van der Waals surface area contributed by atoms with Crippen molar-refractivity contribution in [1.29, 1.82) is 0 Å². The van der Waals surface area contributed by atoms with E-state index in [4.69, 9.17) is 5.11 Å². The van der Waals surface area contributed by atoms with Gasteiger partial charge in [-0.05, 0) is 37.2 Å². The SMILES string of the molecule is CC1CCCCC1NC(CCC(=O)O)Cc1ccccc1. The number of rotatable bonds is 7. The Hall–Kier alpha value is -1.35. The first-order valence-electron chi connectivity index (χ1n) is 8.17. The molecule has 1 fully saturated rings. The van der Waals surface area contributed by atoms with E-state index >= 15 is 0 Å². The van der Waals surface area contributed by atoms with Crippen LogP contribution in [0.25, 0.3) is 0 Å². The van der Waals surface area contributed by atoms with Gasteiger partial charge in [-0.2, -0.15) is 0 Å². The third kappa shape index (κ3) is 5.50. The zero-order chi connectivity index (χ0) is 15.1. The van der Waals surface area contributed by atoms with Crippen molar-refractivity contribution in [2.75, 3.05) is 0 Å². The van der Waals surface area contributed by atoms with Crippen LogP contribution in [0.2, 0.25) is 0 Å². The van der Waals surface area contributed by atoms with Gasteiger partial charge in [0.25, 0.3) is 0 Å². The number of hydrogen-bond donors (Lipinski definition) is 2. The van der Waals surface area contributed by atoms with E-state index in [0.717, 1.165) is 6.42 Å². The van der Waals surface area contributed by atoms with Crippen molar-refractivity contribution >= 4 is 5.97 Å². The Morgan fingerprint density at radius 2 is 2.00 bits per heavy atom. The van der Waals surface area contributed by atoms with Gasteiger partial charge in [0.05, 0.1) is 0 Å². The predicted molar refractivity (Wildman–Crippen MR) is 85.4 cm³/mol. The van der Waals surface area contributed by atoms with E-state index in [1.54, 1.807) is 0 Å². The summed E-state index contributed by atoms with van der Waals surface area (Å²) in [5, 5.41) is 12.7. The Morgan fingerprint density at radius 1 is 1.29 bits per heavy atom. The molecule has 116 valence electrons. The molecular weight excluding hydrogens is 262 g/mol. The van der Waals surface area contributed by atoms with E-state index in [1.165, 1.54) is 31.2 Å². The Labute approximate surface area is 127 Å². The zero-order valence-corrected chi connectivity index (χ0v) is 12.9. The quantitative estimate of drug-likeness (QED) is 0.806. The maximum Gasteiger partial charge on any atom is 0.303 e. The van der Waals surface area contributed by atoms with Crippen molar-refractivity contribution in [3.8, 4) is 0 Å². The highest BCUT2D eigenvalue weighted by Gasteiger charge is 2.24. The lowest BCUT2D eigenvalue weighted by Gasteiger charge is -2.33. The molecule has 3 atom stereocenters. The maximum atomic E-state index is 10.9. The Morgan fingerprint density at radius 3 is 2.67 bits per heavy atom. The second-order valence-corrected chi connectivity index (χ2v) is 6.35. The van der Waals surface area contributed by atoms with Crippen LogP contribution in [0.1, 0.15) is 51.0 Å². The molecule has 0 radical (unpaired) electrons. The number of hydrogen-bond acceptors (Lipinski definition) is 2. The first-order valence-corrected chi connectivity index (χ1v) is 8.17. The lowest BCUT2D eigenvalue weighted by atomic mass is 9.85. The predicted octanol–water partition coefficient (Wildman–Crippen LogP) is 3.63. The van der Waals surface area contributed by atoms with E-state index in [-0.39, 0.29) is 12.5 Å². The Balaban J connectivity index is 1.95. The number of carboxylic acids is 1. The number of nitrogens with one attached hydrogen (secondary N) is 1. The second-order valence-electron chi connectivity index (χ2n) is 6.35. The Kier molecular flexibility index (Phi) is 6.24. The average Bonchev–Trinajstić information content (AvgIpc) is 2.48. The molecule has 3 heteroatoms. The van der Waals surface area contributed by atoms with Crippen LogP contribution in [0, 0.1) is 5.92 Å². The summed E-state index contributed by atoms with van der Waals surface area (Å²) in [5.74, 6) is -0.00611. The molecule has 1 aliphatic carbocycles. The summed E-state index contributed by atoms with van der Waals surface area (Å²) in [4.78, 5) is 10.9. The molecule has 0 aliphatic heterocycles. The number of carbonyl (C=O) groups is 1. The van der Waals surface area contributed by atoms with E-state index in [0.29, 0.717) is 18.4 Å². The van der Waals surface area contributed by atoms with Gasteiger partial charge in [-0.15, -0.1) is 0 Å². The molecule has 1 aromatic carbocycles. The second kappa shape index (κ2) is 8.18. The minimum absolute atomic E-state index is 0.242. The summed E-state index contributed by atoms with van der Waals surface area (Å²) >= 11 is 0. The van der Waals surface area contributed by atoms with Crippen molar-refractivity contribution in [2.24, 2.45) is 5.92 Å². The first-order chi connectivity index (χ1) is 10.1. The molecule has 1 aromatic rings. The molecule has 2 rings (SSSR count). The number of carboxylic acid groups (broad SMARTS) is 1. The molecule has 1 saturated carbocycles. The van der Waals surface area contributed by atoms with Crippen LogP contribution in [0.15, 0.2) is 30.3 Å². The molecule has 1 aliphatic rings. The van der Waals surface area contributed by atoms with Crippen LogP contribution in [-0.2, 0) is 11.2 Å². The largest absolute Gasteiger partial charge is 0.481 e. The summed E-state index contributed by atoms with van der Waals surface area (Å²) in [7, 11) is 0. The van der Waals surface area contributed by atoms with E-state index in [2.05, 4.69) is 24.4 Å². The van der Waals surface area contributed by atoms with Gasteiger partial charge < -0.3 is 10.4 Å². The number of benzene rings is 1. The van der Waals surface area contributed by atoms with Gasteiger partial charge in [-0.3, -0.25) is 4.79 Å². The van der Waals surface area contributed by atoms with Gasteiger partial charge >= 0.3 is 5.97 Å². The van der Waals surface area contributed by atoms with Crippen LogP contribution in [-0.4, -0.2) is 23.2 Å². The van der Waals surface area contributed by atoms with E-state index in [9.17, 15) is 4.79 Å². The highest BCUT2D eigenvalue weighted by Crippen LogP contribution is 2.25. The van der Waals surface area contributed by atoms with Crippen LogP contribution < -0.4 is 5.32 Å². The fourth-order valence-corrected chi connectivity index (χ4v) is 3.31. The molecule has 0 heterocycles. The van der Waals surface area contributed by atoms with Gasteiger partial charge in [0, 0.05) is 18.5 Å². The molecule has 0 saturated heterocycles. The minimum Gasteiger partial charge on any atom is -0.481 e. The maximum absolute atomic E-state index is 10.9. The van der Waals surface area contributed by atoms with Gasteiger partial charge in [0.1, 0.15) is 0 Å². The van der Waals surface area contributed by atoms with Gasteiger partial charge in [-0.1, -0.05) is 50.1 Å². The molecule has 3 unspecified atom stereocenters. The van der Waals surface area contributed by atoms with Crippen LogP contribution >= 0.6 is 0 Å². The van der Waals surface area contributed by atoms with Crippen molar-refractivity contribution in [3.63, 3.8) is 0 Å². The third-order valence-corrected chi connectivity index (χ3v) is 4.59. The van der Waals surface area contributed by atoms with Crippen LogP contribution in [0.5, 0.6) is 0 Å². The first kappa shape index (κ1) is 16.0. The van der Waals surface area contributed by atoms with Gasteiger partial charge in [0.15, 0.2) is 0 Å². The van der Waals surface area contributed by atoms with Crippen molar-refractivity contribution in [1.82, 2.24) is 5.32 Å². The smallest absolute Gasteiger partial charge is 0.303 e. The summed E-state index contributed by atoms with van der Waals surface area (Å²) in [6, 6.07) is 11.2. The fourth-order valence-electron chi connectivity index (χ4n) is 3.31. The molecule has 0 aromatic heterocycles. The summed E-state index contributed by atoms with van der Waals surface area (Å²) in [6.07, 6.45) is 6.99. The molecular formula is C18H27NO2. The fraction of sp³-hybridized carbons (Fsp3) is 0.611. The highest BCUT2D eigenvalue weighted by molar-refractivity contribution is 5.66. The molecule has 2 N–H and O–H groups in total. The summed E-state index contributed by atoms with van der Waals surface area (Å²) < 4.78 is 0. The Bertz CT molecular complexity index is 432. The van der Waals surface area contributed by atoms with Crippen molar-refractivity contribution < 1.29 is 9.90 Å². The highest BCUT2D eigenvalue weighted by atomic mass is 16.4. The van der Waals surface area contributed by atoms with E-state index in [1.807, 2.05) is 18.2 Å². The number of aliphatic carboxylic acids is 1. The lowest BCUT2D eigenvalue weighted by Crippen LogP contribution is -2.44. The van der Waals surface area contributed by atoms with Gasteiger partial charge in [-0.25, -0.2) is 0 Å². The zero-order valence-electron chi connectivity index (χ0n) is 12.9. The van der Waals surface area contributed by atoms with Crippen molar-refractivity contribution in [3.05, 3.63) is 35.9 Å². The molecule has 0 bridgehead atoms. The molecule has 0 amide bonds. The minimum atomic E-state index is -0.702. The lowest BCUT2D eigenvalue weighted by molar-refractivity contribution is -0.137. The molecule has 3 nitrogen and oxygen atoms in total. The summed E-state index contributed by atoms with van der Waals surface area (Å²) in [5.41, 5.74) is 1.28. The average molecular weight is 289 g/mol. The topological polar surface area (TPSA) is 49.3 Å².